The molecule has 0 radical (unpaired) electrons. The van der Waals surface area contributed by atoms with Crippen LogP contribution in [0.2, 0.25) is 0 Å². The van der Waals surface area contributed by atoms with E-state index in [2.05, 4.69) is 10.0 Å². The van der Waals surface area contributed by atoms with Gasteiger partial charge in [-0.15, -0.1) is 0 Å². The van der Waals surface area contributed by atoms with Crippen LogP contribution in [0.3, 0.4) is 0 Å². The van der Waals surface area contributed by atoms with Crippen LogP contribution in [-0.2, 0) is 19.6 Å². The number of fused-ring (bicyclic) bond motifs is 3. The maximum Gasteiger partial charge on any atom is 0.261 e. The highest BCUT2D eigenvalue weighted by atomic mass is 32.2. The van der Waals surface area contributed by atoms with Crippen molar-refractivity contribution >= 4 is 21.6 Å². The number of carbonyl (C=O) groups excluding carboxylic acids is 1. The number of aliphatic hydroxyl groups is 1. The van der Waals surface area contributed by atoms with Gasteiger partial charge in [0.25, 0.3) is 10.0 Å². The number of hydrogen-bond acceptors (Lipinski definition) is 6. The molecule has 9 heteroatoms. The maximum absolute atomic E-state index is 12.7. The molecule has 1 saturated heterocycles. The second-order valence-corrected chi connectivity index (χ2v) is 10.7. The Morgan fingerprint density at radius 1 is 1.12 bits per heavy atom. The topological polar surface area (TPSA) is 114 Å². The van der Waals surface area contributed by atoms with E-state index in [1.165, 1.54) is 25.0 Å². The summed E-state index contributed by atoms with van der Waals surface area (Å²) < 4.78 is 40.2. The van der Waals surface area contributed by atoms with Crippen LogP contribution in [0.5, 0.6) is 5.75 Å². The van der Waals surface area contributed by atoms with Gasteiger partial charge in [0.2, 0.25) is 5.91 Å². The highest BCUT2D eigenvalue weighted by Crippen LogP contribution is 2.47. The zero-order valence-corrected chi connectivity index (χ0v) is 19.0. The number of sulfonamides is 1. The van der Waals surface area contributed by atoms with Crippen LogP contribution < -0.4 is 14.8 Å². The fourth-order valence-electron chi connectivity index (χ4n) is 4.63. The smallest absolute Gasteiger partial charge is 0.261 e. The minimum absolute atomic E-state index is 0.0504. The standard InChI is InChI=1S/C24H28N2O6S/c27-14-22-24-20(11-17(31-22)12-23(28)25-13-15-6-7-15)19-10-16(8-9-21(19)32-24)26-33(29,30)18-4-2-1-3-5-18/h1-5,8-10,15,17,20,22,24,26-27H,6-7,11-14H2,(H,25,28)/t17-,20+,22-,24-/m0/s1. The van der Waals surface area contributed by atoms with E-state index in [1.54, 1.807) is 36.4 Å². The lowest BCUT2D eigenvalue weighted by Crippen LogP contribution is -2.47. The second kappa shape index (κ2) is 8.96. The Balaban J connectivity index is 1.32. The monoisotopic (exact) mass is 472 g/mol. The highest BCUT2D eigenvalue weighted by Gasteiger charge is 2.46. The first-order chi connectivity index (χ1) is 15.9. The third kappa shape index (κ3) is 4.85. The quantitative estimate of drug-likeness (QED) is 0.544. The van der Waals surface area contributed by atoms with Crippen molar-refractivity contribution in [1.29, 1.82) is 0 Å². The van der Waals surface area contributed by atoms with Crippen molar-refractivity contribution in [2.24, 2.45) is 5.92 Å². The Hall–Kier alpha value is -2.62. The van der Waals surface area contributed by atoms with Gasteiger partial charge in [0.15, 0.2) is 0 Å². The van der Waals surface area contributed by atoms with Crippen molar-refractivity contribution in [1.82, 2.24) is 5.32 Å². The maximum atomic E-state index is 12.7. The Morgan fingerprint density at radius 2 is 1.91 bits per heavy atom. The van der Waals surface area contributed by atoms with E-state index in [1.807, 2.05) is 0 Å². The van der Waals surface area contributed by atoms with Gasteiger partial charge < -0.3 is 19.9 Å². The molecule has 0 unspecified atom stereocenters. The summed E-state index contributed by atoms with van der Waals surface area (Å²) in [5, 5.41) is 12.9. The SMILES string of the molecule is O=C(C[C@@H]1C[C@@H]2c3cc(NS(=O)(=O)c4ccccc4)ccc3O[C@@H]2[C@H](CO)O1)NCC1CC1. The Kier molecular flexibility index (Phi) is 6.03. The minimum atomic E-state index is -3.72. The molecule has 0 spiro atoms. The van der Waals surface area contributed by atoms with Crippen molar-refractivity contribution in [3.8, 4) is 5.75 Å². The van der Waals surface area contributed by atoms with E-state index in [0.717, 1.165) is 5.56 Å². The summed E-state index contributed by atoms with van der Waals surface area (Å²) in [5.74, 6) is 1.09. The molecule has 1 saturated carbocycles. The molecule has 2 heterocycles. The van der Waals surface area contributed by atoms with Gasteiger partial charge in [-0.3, -0.25) is 9.52 Å². The van der Waals surface area contributed by atoms with Crippen LogP contribution in [0.1, 0.15) is 37.2 Å². The Morgan fingerprint density at radius 3 is 2.64 bits per heavy atom. The third-order valence-corrected chi connectivity index (χ3v) is 7.90. The molecule has 2 aromatic rings. The molecule has 1 amide bonds. The van der Waals surface area contributed by atoms with Gasteiger partial charge in [0.05, 0.1) is 24.0 Å². The predicted octanol–water partition coefficient (Wildman–Crippen LogP) is 2.40. The predicted molar refractivity (Wildman–Crippen MR) is 122 cm³/mol. The first kappa shape index (κ1) is 22.2. The third-order valence-electron chi connectivity index (χ3n) is 6.50. The number of nitrogens with one attached hydrogen (secondary N) is 2. The molecular weight excluding hydrogens is 444 g/mol. The van der Waals surface area contributed by atoms with E-state index >= 15 is 0 Å². The summed E-state index contributed by atoms with van der Waals surface area (Å²) in [6, 6.07) is 13.4. The highest BCUT2D eigenvalue weighted by molar-refractivity contribution is 7.92. The van der Waals surface area contributed by atoms with Crippen LogP contribution in [0.25, 0.3) is 0 Å². The van der Waals surface area contributed by atoms with E-state index in [9.17, 15) is 18.3 Å². The average Bonchev–Trinajstić information content (AvgIpc) is 3.58. The van der Waals surface area contributed by atoms with Crippen LogP contribution in [-0.4, -0.2) is 50.9 Å². The number of anilines is 1. The van der Waals surface area contributed by atoms with E-state index in [0.29, 0.717) is 30.3 Å². The first-order valence-corrected chi connectivity index (χ1v) is 12.8. The van der Waals surface area contributed by atoms with Crippen molar-refractivity contribution in [2.45, 2.75) is 54.8 Å². The molecule has 1 aliphatic carbocycles. The normalized spacial score (nSPS) is 26.1. The molecule has 2 aromatic carbocycles. The molecule has 0 aromatic heterocycles. The molecule has 4 atom stereocenters. The zero-order valence-electron chi connectivity index (χ0n) is 18.1. The van der Waals surface area contributed by atoms with Gasteiger partial charge >= 0.3 is 0 Å². The van der Waals surface area contributed by atoms with Gasteiger partial charge in [-0.2, -0.15) is 0 Å². The molecule has 33 heavy (non-hydrogen) atoms. The number of aliphatic hydroxyl groups excluding tert-OH is 1. The summed E-state index contributed by atoms with van der Waals surface area (Å²) in [6.07, 6.45) is 1.84. The summed E-state index contributed by atoms with van der Waals surface area (Å²) in [7, 11) is -3.72. The van der Waals surface area contributed by atoms with E-state index in [4.69, 9.17) is 9.47 Å². The molecular formula is C24H28N2O6S. The van der Waals surface area contributed by atoms with Gasteiger partial charge in [-0.05, 0) is 55.5 Å². The largest absolute Gasteiger partial charge is 0.487 e. The summed E-state index contributed by atoms with van der Waals surface area (Å²) in [6.45, 7) is 0.487. The molecule has 176 valence electrons. The molecule has 0 bridgehead atoms. The molecule has 3 N–H and O–H groups in total. The van der Waals surface area contributed by atoms with E-state index < -0.39 is 16.1 Å². The second-order valence-electron chi connectivity index (χ2n) is 9.03. The lowest BCUT2D eigenvalue weighted by atomic mass is 9.84. The Labute approximate surface area is 193 Å². The molecule has 2 aliphatic heterocycles. The fourth-order valence-corrected chi connectivity index (χ4v) is 5.70. The van der Waals surface area contributed by atoms with Crippen molar-refractivity contribution in [2.75, 3.05) is 17.9 Å². The van der Waals surface area contributed by atoms with E-state index in [-0.39, 0.29) is 42.0 Å². The molecule has 2 fully saturated rings. The lowest BCUT2D eigenvalue weighted by Gasteiger charge is -2.37. The first-order valence-electron chi connectivity index (χ1n) is 11.3. The van der Waals surface area contributed by atoms with Gasteiger partial charge in [0.1, 0.15) is 18.0 Å². The Bertz CT molecular complexity index is 1120. The van der Waals surface area contributed by atoms with Gasteiger partial charge in [-0.25, -0.2) is 8.42 Å². The number of carbonyl (C=O) groups is 1. The van der Waals surface area contributed by atoms with Crippen LogP contribution in [0.4, 0.5) is 5.69 Å². The number of ether oxygens (including phenoxy) is 2. The van der Waals surface area contributed by atoms with Gasteiger partial charge in [0, 0.05) is 23.7 Å². The summed E-state index contributed by atoms with van der Waals surface area (Å²) in [4.78, 5) is 12.5. The average molecular weight is 473 g/mol. The van der Waals surface area contributed by atoms with Crippen molar-refractivity contribution in [3.63, 3.8) is 0 Å². The zero-order chi connectivity index (χ0) is 23.0. The number of amides is 1. The fraction of sp³-hybridized carbons (Fsp3) is 0.458. The lowest BCUT2D eigenvalue weighted by molar-refractivity contribution is -0.142. The number of benzene rings is 2. The summed E-state index contributed by atoms with van der Waals surface area (Å²) in [5.41, 5.74) is 1.30. The van der Waals surface area contributed by atoms with Crippen LogP contribution >= 0.6 is 0 Å². The minimum Gasteiger partial charge on any atom is -0.487 e. The van der Waals surface area contributed by atoms with Crippen molar-refractivity contribution < 1.29 is 27.8 Å². The van der Waals surface area contributed by atoms with Crippen molar-refractivity contribution in [3.05, 3.63) is 54.1 Å². The van der Waals surface area contributed by atoms with Gasteiger partial charge in [-0.1, -0.05) is 18.2 Å². The number of hydrogen-bond donors (Lipinski definition) is 3. The molecule has 3 aliphatic rings. The molecule has 8 nitrogen and oxygen atoms in total. The number of rotatable bonds is 8. The van der Waals surface area contributed by atoms with Crippen LogP contribution in [0, 0.1) is 5.92 Å². The molecule has 5 rings (SSSR count). The summed E-state index contributed by atoms with van der Waals surface area (Å²) >= 11 is 0. The van der Waals surface area contributed by atoms with Crippen LogP contribution in [0.15, 0.2) is 53.4 Å².